The highest BCUT2D eigenvalue weighted by Crippen LogP contribution is 2.27. The first kappa shape index (κ1) is 14.9. The molecule has 1 heterocycles. The van der Waals surface area contributed by atoms with Crippen molar-refractivity contribution < 1.29 is 12.8 Å². The van der Waals surface area contributed by atoms with Crippen LogP contribution in [-0.4, -0.2) is 38.9 Å². The van der Waals surface area contributed by atoms with Gasteiger partial charge in [0.25, 0.3) is 0 Å². The van der Waals surface area contributed by atoms with Crippen LogP contribution in [0.25, 0.3) is 0 Å². The standard InChI is InChI=1S/C12H16BrFN2O2S/c1-8-5-11(14)10(13)6-12(8)19(17,18)16(2)9-3-4-15-7-9/h5-6,9,15H,3-4,7H2,1-2H3. The summed E-state index contributed by atoms with van der Waals surface area (Å²) in [7, 11) is -2.02. The molecule has 1 aromatic carbocycles. The van der Waals surface area contributed by atoms with Crippen molar-refractivity contribution in [1.29, 1.82) is 0 Å². The normalized spacial score (nSPS) is 20.2. The van der Waals surface area contributed by atoms with Crippen LogP contribution < -0.4 is 5.32 Å². The lowest BCUT2D eigenvalue weighted by molar-refractivity contribution is 0.387. The van der Waals surface area contributed by atoms with Crippen LogP contribution in [0.4, 0.5) is 4.39 Å². The Kier molecular flexibility index (Phi) is 4.29. The SMILES string of the molecule is Cc1cc(F)c(Br)cc1S(=O)(=O)N(C)C1CCNC1. The fourth-order valence-corrected chi connectivity index (χ4v) is 4.32. The van der Waals surface area contributed by atoms with Crippen LogP contribution in [0, 0.1) is 12.7 Å². The Labute approximate surface area is 121 Å². The molecule has 1 N–H and O–H groups in total. The summed E-state index contributed by atoms with van der Waals surface area (Å²) < 4.78 is 40.0. The van der Waals surface area contributed by atoms with E-state index in [1.54, 1.807) is 14.0 Å². The highest BCUT2D eigenvalue weighted by atomic mass is 79.9. The topological polar surface area (TPSA) is 49.4 Å². The molecular weight excluding hydrogens is 335 g/mol. The molecule has 1 aliphatic heterocycles. The van der Waals surface area contributed by atoms with Crippen molar-refractivity contribution in [3.63, 3.8) is 0 Å². The van der Waals surface area contributed by atoms with Gasteiger partial charge in [-0.05, 0) is 53.5 Å². The number of rotatable bonds is 3. The molecule has 0 radical (unpaired) electrons. The molecule has 1 atom stereocenters. The second-order valence-corrected chi connectivity index (χ2v) is 7.52. The number of likely N-dealkylation sites (N-methyl/N-ethyl adjacent to an activating group) is 1. The van der Waals surface area contributed by atoms with Crippen molar-refractivity contribution in [2.24, 2.45) is 0 Å². The number of aryl methyl sites for hydroxylation is 1. The first-order chi connectivity index (χ1) is 8.84. The summed E-state index contributed by atoms with van der Waals surface area (Å²) in [4.78, 5) is 0.148. The van der Waals surface area contributed by atoms with Crippen LogP contribution in [-0.2, 0) is 10.0 Å². The second kappa shape index (κ2) is 5.47. The Morgan fingerprint density at radius 3 is 2.74 bits per heavy atom. The van der Waals surface area contributed by atoms with Crippen LogP contribution in [0.3, 0.4) is 0 Å². The molecule has 1 fully saturated rings. The molecule has 4 nitrogen and oxygen atoms in total. The molecule has 0 amide bonds. The summed E-state index contributed by atoms with van der Waals surface area (Å²) in [5.74, 6) is -0.457. The maximum absolute atomic E-state index is 13.4. The molecule has 0 spiro atoms. The summed E-state index contributed by atoms with van der Waals surface area (Å²) >= 11 is 3.04. The Morgan fingerprint density at radius 1 is 1.47 bits per heavy atom. The van der Waals surface area contributed by atoms with E-state index in [-0.39, 0.29) is 15.4 Å². The predicted molar refractivity (Wildman–Crippen MR) is 75.1 cm³/mol. The molecule has 106 valence electrons. The van der Waals surface area contributed by atoms with E-state index in [9.17, 15) is 12.8 Å². The van der Waals surface area contributed by atoms with Gasteiger partial charge < -0.3 is 5.32 Å². The van der Waals surface area contributed by atoms with Gasteiger partial charge in [0.05, 0.1) is 9.37 Å². The highest BCUT2D eigenvalue weighted by molar-refractivity contribution is 9.10. The fraction of sp³-hybridized carbons (Fsp3) is 0.500. The van der Waals surface area contributed by atoms with Crippen LogP contribution in [0.1, 0.15) is 12.0 Å². The number of sulfonamides is 1. The number of hydrogen-bond donors (Lipinski definition) is 1. The van der Waals surface area contributed by atoms with Gasteiger partial charge in [0.2, 0.25) is 10.0 Å². The van der Waals surface area contributed by atoms with E-state index in [0.29, 0.717) is 12.1 Å². The van der Waals surface area contributed by atoms with Gasteiger partial charge in [-0.1, -0.05) is 0 Å². The third-order valence-corrected chi connectivity index (χ3v) is 6.08. The van der Waals surface area contributed by atoms with E-state index >= 15 is 0 Å². The van der Waals surface area contributed by atoms with Gasteiger partial charge in [0.1, 0.15) is 5.82 Å². The average Bonchev–Trinajstić information content (AvgIpc) is 2.86. The molecule has 1 aromatic rings. The molecule has 0 saturated carbocycles. The number of halogens is 2. The van der Waals surface area contributed by atoms with Crippen LogP contribution >= 0.6 is 15.9 Å². The minimum absolute atomic E-state index is 0.0479. The van der Waals surface area contributed by atoms with Crippen molar-refractivity contribution >= 4 is 26.0 Å². The largest absolute Gasteiger partial charge is 0.315 e. The van der Waals surface area contributed by atoms with E-state index in [2.05, 4.69) is 21.2 Å². The number of hydrogen-bond acceptors (Lipinski definition) is 3. The van der Waals surface area contributed by atoms with E-state index < -0.39 is 15.8 Å². The van der Waals surface area contributed by atoms with Gasteiger partial charge in [0, 0.05) is 19.6 Å². The third-order valence-electron chi connectivity index (χ3n) is 3.42. The second-order valence-electron chi connectivity index (χ2n) is 4.70. The van der Waals surface area contributed by atoms with E-state index in [0.717, 1.165) is 13.0 Å². The third kappa shape index (κ3) is 2.84. The smallest absolute Gasteiger partial charge is 0.243 e. The Bertz CT molecular complexity index is 586. The molecule has 1 unspecified atom stereocenters. The van der Waals surface area contributed by atoms with Gasteiger partial charge >= 0.3 is 0 Å². The van der Waals surface area contributed by atoms with Gasteiger partial charge in [-0.2, -0.15) is 4.31 Å². The summed E-state index contributed by atoms with van der Waals surface area (Å²) in [6.07, 6.45) is 0.789. The highest BCUT2D eigenvalue weighted by Gasteiger charge is 2.31. The maximum atomic E-state index is 13.4. The number of benzene rings is 1. The summed E-state index contributed by atoms with van der Waals surface area (Å²) in [5.41, 5.74) is 0.415. The first-order valence-electron chi connectivity index (χ1n) is 5.98. The molecular formula is C12H16BrFN2O2S. The summed E-state index contributed by atoms with van der Waals surface area (Å²) in [6.45, 7) is 3.07. The maximum Gasteiger partial charge on any atom is 0.243 e. The fourth-order valence-electron chi connectivity index (χ4n) is 2.21. The van der Waals surface area contributed by atoms with Gasteiger partial charge in [-0.3, -0.25) is 0 Å². The molecule has 0 aliphatic carbocycles. The lowest BCUT2D eigenvalue weighted by Crippen LogP contribution is -2.38. The Morgan fingerprint density at radius 2 is 2.16 bits per heavy atom. The van der Waals surface area contributed by atoms with Gasteiger partial charge in [0.15, 0.2) is 0 Å². The monoisotopic (exact) mass is 350 g/mol. The van der Waals surface area contributed by atoms with Gasteiger partial charge in [-0.15, -0.1) is 0 Å². The van der Waals surface area contributed by atoms with Crippen molar-refractivity contribution in [3.8, 4) is 0 Å². The van der Waals surface area contributed by atoms with Gasteiger partial charge in [-0.25, -0.2) is 12.8 Å². The van der Waals surface area contributed by atoms with E-state index in [4.69, 9.17) is 0 Å². The summed E-state index contributed by atoms with van der Waals surface area (Å²) in [5, 5.41) is 3.14. The predicted octanol–water partition coefficient (Wildman–Crippen LogP) is 1.88. The van der Waals surface area contributed by atoms with Crippen molar-refractivity contribution in [2.75, 3.05) is 20.1 Å². The Hall–Kier alpha value is -0.500. The zero-order valence-electron chi connectivity index (χ0n) is 10.8. The molecule has 2 rings (SSSR count). The first-order valence-corrected chi connectivity index (χ1v) is 8.21. The molecule has 1 aliphatic rings. The zero-order chi connectivity index (χ0) is 14.2. The quantitative estimate of drug-likeness (QED) is 0.905. The minimum Gasteiger partial charge on any atom is -0.315 e. The summed E-state index contributed by atoms with van der Waals surface area (Å²) in [6, 6.07) is 2.52. The lowest BCUT2D eigenvalue weighted by atomic mass is 10.2. The van der Waals surface area contributed by atoms with Crippen LogP contribution in [0.2, 0.25) is 0 Å². The van der Waals surface area contributed by atoms with E-state index in [1.165, 1.54) is 16.4 Å². The van der Waals surface area contributed by atoms with E-state index in [1.807, 2.05) is 0 Å². The molecule has 7 heteroatoms. The van der Waals surface area contributed by atoms with Crippen LogP contribution in [0.5, 0.6) is 0 Å². The molecule has 1 saturated heterocycles. The van der Waals surface area contributed by atoms with Crippen LogP contribution in [0.15, 0.2) is 21.5 Å². The molecule has 19 heavy (non-hydrogen) atoms. The zero-order valence-corrected chi connectivity index (χ0v) is 13.2. The average molecular weight is 351 g/mol. The molecule has 0 bridgehead atoms. The molecule has 0 aromatic heterocycles. The van der Waals surface area contributed by atoms with Crippen molar-refractivity contribution in [2.45, 2.75) is 24.3 Å². The number of nitrogens with zero attached hydrogens (tertiary/aromatic N) is 1. The minimum atomic E-state index is -3.60. The number of nitrogens with one attached hydrogen (secondary N) is 1. The van der Waals surface area contributed by atoms with Crippen molar-refractivity contribution in [1.82, 2.24) is 9.62 Å². The van der Waals surface area contributed by atoms with Crippen molar-refractivity contribution in [3.05, 3.63) is 28.0 Å². The Balaban J connectivity index is 2.41. The lowest BCUT2D eigenvalue weighted by Gasteiger charge is -2.24.